The molecule has 2 rings (SSSR count). The third kappa shape index (κ3) is 14.6. The predicted molar refractivity (Wildman–Crippen MR) is 98.1 cm³/mol. The molecule has 0 heterocycles. The van der Waals surface area contributed by atoms with Gasteiger partial charge in [-0.05, 0) is 23.7 Å². The van der Waals surface area contributed by atoms with Crippen LogP contribution < -0.4 is 0 Å². The molecule has 0 N–H and O–H groups in total. The van der Waals surface area contributed by atoms with Gasteiger partial charge < -0.3 is 14.9 Å². The van der Waals surface area contributed by atoms with E-state index in [0.717, 1.165) is 23.7 Å². The van der Waals surface area contributed by atoms with Gasteiger partial charge >= 0.3 is 35.6 Å². The van der Waals surface area contributed by atoms with E-state index in [1.165, 1.54) is 51.4 Å². The van der Waals surface area contributed by atoms with Crippen LogP contribution in [0, 0.1) is 38.5 Å². The minimum atomic E-state index is -0.556. The molecule has 0 aromatic heterocycles. The maximum atomic E-state index is 4.89. The van der Waals surface area contributed by atoms with Gasteiger partial charge in [-0.15, -0.1) is 0 Å². The fourth-order valence-electron chi connectivity index (χ4n) is 3.25. The summed E-state index contributed by atoms with van der Waals surface area (Å²) in [6.45, 7) is 9.37. The predicted octanol–water partition coefficient (Wildman–Crippen LogP) is 7.94. The van der Waals surface area contributed by atoms with E-state index in [-0.39, 0.29) is 14.9 Å². The van der Waals surface area contributed by atoms with Gasteiger partial charge in [-0.2, -0.15) is 0 Å². The third-order valence-corrected chi connectivity index (χ3v) is 4.69. The Bertz CT molecular complexity index is 164. The molecule has 0 nitrogen and oxygen atoms in total. The van der Waals surface area contributed by atoms with E-state index in [1.807, 2.05) is 0 Å². The molecule has 0 aromatic rings. The summed E-state index contributed by atoms with van der Waals surface area (Å²) >= 11 is -0.556. The van der Waals surface area contributed by atoms with Gasteiger partial charge in [0.1, 0.15) is 0 Å². The quantitative estimate of drug-likeness (QED) is 0.340. The average molecular weight is 373 g/mol. The summed E-state index contributed by atoms with van der Waals surface area (Å²) in [6.07, 6.45) is 11.9. The zero-order valence-corrected chi connectivity index (χ0v) is 18.3. The molecule has 2 saturated carbocycles. The molecule has 0 radical (unpaired) electrons. The Morgan fingerprint density at radius 2 is 0.857 bits per heavy atom. The van der Waals surface area contributed by atoms with Crippen LogP contribution in [-0.2, 0) is 17.0 Å². The fraction of sp³-hybridized carbons (Fsp3) is 0.889. The SMILES string of the molecule is CC(C)C1CCCC1.CC(C)C1CCCC1.[CH3-].[CH3-].[Cl][Ti][Cl]. The molecule has 0 spiro atoms. The first-order chi connectivity index (χ1) is 9.02. The Kier molecular flexibility index (Phi) is 22.8. The molecule has 0 amide bonds. The van der Waals surface area contributed by atoms with Crippen molar-refractivity contribution in [3.63, 3.8) is 0 Å². The van der Waals surface area contributed by atoms with Gasteiger partial charge in [-0.1, -0.05) is 79.1 Å². The van der Waals surface area contributed by atoms with E-state index in [1.54, 1.807) is 0 Å². The van der Waals surface area contributed by atoms with E-state index in [4.69, 9.17) is 18.6 Å². The van der Waals surface area contributed by atoms with Crippen molar-refractivity contribution in [2.75, 3.05) is 0 Å². The zero-order chi connectivity index (χ0) is 14.7. The summed E-state index contributed by atoms with van der Waals surface area (Å²) < 4.78 is 0. The summed E-state index contributed by atoms with van der Waals surface area (Å²) in [4.78, 5) is 0. The minimum absolute atomic E-state index is 0. The second-order valence-corrected chi connectivity index (χ2v) is 9.23. The molecular formula is C18H38Cl2Ti-2. The Morgan fingerprint density at radius 3 is 0.952 bits per heavy atom. The van der Waals surface area contributed by atoms with Crippen LogP contribution in [-0.4, -0.2) is 0 Å². The molecule has 2 fully saturated rings. The van der Waals surface area contributed by atoms with Crippen molar-refractivity contribution in [2.45, 2.75) is 79.1 Å². The van der Waals surface area contributed by atoms with Gasteiger partial charge in [0.25, 0.3) is 0 Å². The number of rotatable bonds is 2. The van der Waals surface area contributed by atoms with Crippen molar-refractivity contribution in [3.05, 3.63) is 14.9 Å². The first-order valence-electron chi connectivity index (χ1n) is 7.99. The third-order valence-electron chi connectivity index (χ3n) is 4.69. The molecular weight excluding hydrogens is 335 g/mol. The monoisotopic (exact) mass is 372 g/mol. The van der Waals surface area contributed by atoms with E-state index in [9.17, 15) is 0 Å². The summed E-state index contributed by atoms with van der Waals surface area (Å²) in [5.41, 5.74) is 0. The van der Waals surface area contributed by atoms with Crippen LogP contribution in [0.5, 0.6) is 0 Å². The van der Waals surface area contributed by atoms with E-state index < -0.39 is 17.0 Å². The Labute approximate surface area is 152 Å². The first-order valence-corrected chi connectivity index (χ1v) is 12.3. The molecule has 2 aliphatic carbocycles. The molecule has 0 unspecified atom stereocenters. The van der Waals surface area contributed by atoms with Crippen molar-refractivity contribution >= 4 is 18.6 Å². The second-order valence-electron chi connectivity index (χ2n) is 6.65. The molecule has 130 valence electrons. The second kappa shape index (κ2) is 17.6. The molecule has 0 atom stereocenters. The summed E-state index contributed by atoms with van der Waals surface area (Å²) in [6, 6.07) is 0. The molecule has 0 aliphatic heterocycles. The molecule has 3 heteroatoms. The number of halogens is 2. The van der Waals surface area contributed by atoms with Crippen LogP contribution in [0.3, 0.4) is 0 Å². The number of hydrogen-bond acceptors (Lipinski definition) is 0. The van der Waals surface area contributed by atoms with Crippen molar-refractivity contribution < 1.29 is 17.0 Å². The Hall–Kier alpha value is 1.29. The zero-order valence-electron chi connectivity index (χ0n) is 15.2. The van der Waals surface area contributed by atoms with Gasteiger partial charge in [0, 0.05) is 0 Å². The van der Waals surface area contributed by atoms with Crippen LogP contribution >= 0.6 is 18.6 Å². The standard InChI is InChI=1S/2C8H16.2CH3.2ClH.Ti/c2*1-7(2)8-5-3-4-6-8;;;;;/h2*7-8H,3-6H2,1-2H3;2*1H3;2*1H;/q;;2*-1;;;+2/p-2. The van der Waals surface area contributed by atoms with E-state index in [0.29, 0.717) is 0 Å². The van der Waals surface area contributed by atoms with Crippen LogP contribution in [0.25, 0.3) is 0 Å². The number of hydrogen-bond donors (Lipinski definition) is 0. The molecule has 0 saturated heterocycles. The molecule has 0 aromatic carbocycles. The van der Waals surface area contributed by atoms with E-state index >= 15 is 0 Å². The van der Waals surface area contributed by atoms with Crippen molar-refractivity contribution in [2.24, 2.45) is 23.7 Å². The van der Waals surface area contributed by atoms with Gasteiger partial charge in [0.05, 0.1) is 0 Å². The summed E-state index contributed by atoms with van der Waals surface area (Å²) in [7, 11) is 9.78. The Balaban J connectivity index is -0.000000242. The van der Waals surface area contributed by atoms with Crippen molar-refractivity contribution in [1.29, 1.82) is 0 Å². The van der Waals surface area contributed by atoms with Crippen molar-refractivity contribution in [3.8, 4) is 0 Å². The van der Waals surface area contributed by atoms with Crippen molar-refractivity contribution in [1.82, 2.24) is 0 Å². The summed E-state index contributed by atoms with van der Waals surface area (Å²) in [5.74, 6) is 4.01. The van der Waals surface area contributed by atoms with E-state index in [2.05, 4.69) is 27.7 Å². The summed E-state index contributed by atoms with van der Waals surface area (Å²) in [5, 5.41) is 0. The fourth-order valence-corrected chi connectivity index (χ4v) is 3.25. The van der Waals surface area contributed by atoms with Crippen LogP contribution in [0.2, 0.25) is 0 Å². The van der Waals surface area contributed by atoms with Gasteiger partial charge in [-0.25, -0.2) is 0 Å². The maximum absolute atomic E-state index is 4.89. The Morgan fingerprint density at radius 1 is 0.667 bits per heavy atom. The van der Waals surface area contributed by atoms with Gasteiger partial charge in [-0.3, -0.25) is 0 Å². The van der Waals surface area contributed by atoms with Crippen LogP contribution in [0.15, 0.2) is 0 Å². The molecule has 21 heavy (non-hydrogen) atoms. The topological polar surface area (TPSA) is 0 Å². The van der Waals surface area contributed by atoms with Crippen LogP contribution in [0.1, 0.15) is 79.1 Å². The normalized spacial score (nSPS) is 18.1. The average Bonchev–Trinajstić information content (AvgIpc) is 3.05. The first kappa shape index (κ1) is 27.2. The van der Waals surface area contributed by atoms with Crippen LogP contribution in [0.4, 0.5) is 0 Å². The van der Waals surface area contributed by atoms with Gasteiger partial charge in [0.15, 0.2) is 0 Å². The molecule has 2 aliphatic rings. The molecule has 0 bridgehead atoms. The van der Waals surface area contributed by atoms with Gasteiger partial charge in [0.2, 0.25) is 0 Å².